The number of aromatic nitrogens is 2. The van der Waals surface area contributed by atoms with Gasteiger partial charge in [0.05, 0.1) is 17.8 Å². The van der Waals surface area contributed by atoms with Crippen molar-refractivity contribution in [2.45, 2.75) is 56.3 Å². The second kappa shape index (κ2) is 7.55. The van der Waals surface area contributed by atoms with E-state index in [1.807, 2.05) is 11.9 Å². The maximum absolute atomic E-state index is 14.1. The van der Waals surface area contributed by atoms with Crippen molar-refractivity contribution in [1.82, 2.24) is 15.1 Å². The van der Waals surface area contributed by atoms with Gasteiger partial charge in [-0.2, -0.15) is 13.2 Å². The molecule has 2 aromatic rings. The number of halogens is 4. The number of piperidine rings is 1. The number of rotatable bonds is 3. The van der Waals surface area contributed by atoms with Gasteiger partial charge in [-0.1, -0.05) is 0 Å². The molecule has 1 aromatic carbocycles. The van der Waals surface area contributed by atoms with Gasteiger partial charge in [-0.3, -0.25) is 0 Å². The topological polar surface area (TPSA) is 70.5 Å². The first-order valence-electron chi connectivity index (χ1n) is 10.7. The smallest absolute Gasteiger partial charge is 0.416 e. The second-order valence-electron chi connectivity index (χ2n) is 9.13. The van der Waals surface area contributed by atoms with Gasteiger partial charge in [0, 0.05) is 48.7 Å². The Morgan fingerprint density at radius 2 is 1.97 bits per heavy atom. The summed E-state index contributed by atoms with van der Waals surface area (Å²) < 4.78 is 59.1. The minimum atomic E-state index is -4.56. The standard InChI is InChI=1S/C22H24F4N4O2/c1-30-9-13(23)7-14(10-30)27-20-16-8-21(4-5-21)32-11-17(16)19(28-29-20)15-3-2-12(6-18(15)31)22(24,25)26/h2-3,6,13-14,31H,4-5,7-11H2,1H3,(H,27,29)/t13-,14-/m1/s1. The summed E-state index contributed by atoms with van der Waals surface area (Å²) in [7, 11) is 1.87. The number of likely N-dealkylation sites (tertiary alicyclic amines) is 1. The van der Waals surface area contributed by atoms with Crippen LogP contribution in [0.1, 0.15) is 36.0 Å². The predicted octanol–water partition coefficient (Wildman–Crippen LogP) is 3.93. The van der Waals surface area contributed by atoms with E-state index in [9.17, 15) is 22.7 Å². The van der Waals surface area contributed by atoms with Crippen LogP contribution in [0.4, 0.5) is 23.4 Å². The molecule has 2 aliphatic heterocycles. The zero-order chi connectivity index (χ0) is 22.7. The van der Waals surface area contributed by atoms with Crippen molar-refractivity contribution in [2.24, 2.45) is 0 Å². The number of aromatic hydroxyl groups is 1. The quantitative estimate of drug-likeness (QED) is 0.688. The summed E-state index contributed by atoms with van der Waals surface area (Å²) in [5.74, 6) is 0.0372. The van der Waals surface area contributed by atoms with Gasteiger partial charge in [0.15, 0.2) is 5.82 Å². The maximum atomic E-state index is 14.1. The molecule has 3 heterocycles. The third-order valence-corrected chi connectivity index (χ3v) is 6.52. The van der Waals surface area contributed by atoms with Crippen LogP contribution in [0.2, 0.25) is 0 Å². The fraction of sp³-hybridized carbons (Fsp3) is 0.545. The summed E-state index contributed by atoms with van der Waals surface area (Å²) in [5.41, 5.74) is 0.867. The molecule has 5 rings (SSSR count). The normalized spacial score (nSPS) is 24.9. The lowest BCUT2D eigenvalue weighted by Gasteiger charge is -2.34. The summed E-state index contributed by atoms with van der Waals surface area (Å²) in [4.78, 5) is 1.92. The third kappa shape index (κ3) is 4.01. The van der Waals surface area contributed by atoms with E-state index in [1.165, 1.54) is 6.07 Å². The predicted molar refractivity (Wildman–Crippen MR) is 109 cm³/mol. The molecule has 10 heteroatoms. The van der Waals surface area contributed by atoms with Gasteiger partial charge >= 0.3 is 6.18 Å². The molecule has 0 unspecified atom stereocenters. The molecule has 1 saturated heterocycles. The zero-order valence-electron chi connectivity index (χ0n) is 17.5. The molecule has 2 atom stereocenters. The van der Waals surface area contributed by atoms with Gasteiger partial charge < -0.3 is 20.1 Å². The minimum absolute atomic E-state index is 0.134. The van der Waals surface area contributed by atoms with E-state index in [4.69, 9.17) is 4.74 Å². The van der Waals surface area contributed by atoms with Gasteiger partial charge in [0.2, 0.25) is 0 Å². The number of benzene rings is 1. The van der Waals surface area contributed by atoms with Crippen molar-refractivity contribution >= 4 is 5.82 Å². The Bertz CT molecular complexity index is 1030. The van der Waals surface area contributed by atoms with Gasteiger partial charge in [0.1, 0.15) is 17.6 Å². The monoisotopic (exact) mass is 452 g/mol. The molecule has 1 aromatic heterocycles. The van der Waals surface area contributed by atoms with E-state index < -0.39 is 23.7 Å². The lowest BCUT2D eigenvalue weighted by molar-refractivity contribution is -0.137. The number of nitrogens with zero attached hydrogens (tertiary/aromatic N) is 3. The van der Waals surface area contributed by atoms with E-state index in [0.717, 1.165) is 24.5 Å². The molecule has 32 heavy (non-hydrogen) atoms. The molecule has 3 aliphatic rings. The highest BCUT2D eigenvalue weighted by Crippen LogP contribution is 2.49. The van der Waals surface area contributed by atoms with Crippen molar-refractivity contribution in [3.63, 3.8) is 0 Å². The molecular weight excluding hydrogens is 428 g/mol. The molecule has 1 aliphatic carbocycles. The van der Waals surface area contributed by atoms with Crippen LogP contribution in [-0.2, 0) is 23.9 Å². The second-order valence-corrected chi connectivity index (χ2v) is 9.13. The molecular formula is C22H24F4N4O2. The fourth-order valence-corrected chi connectivity index (χ4v) is 4.70. The first-order chi connectivity index (χ1) is 15.1. The van der Waals surface area contributed by atoms with Gasteiger partial charge in [-0.15, -0.1) is 10.2 Å². The Hall–Kier alpha value is -2.46. The first kappa shape index (κ1) is 21.4. The summed E-state index contributed by atoms with van der Waals surface area (Å²) in [6.45, 7) is 1.29. The summed E-state index contributed by atoms with van der Waals surface area (Å²) in [6, 6.07) is 2.69. The minimum Gasteiger partial charge on any atom is -0.507 e. The Labute approximate surface area is 182 Å². The van der Waals surface area contributed by atoms with Gasteiger partial charge in [-0.25, -0.2) is 4.39 Å². The van der Waals surface area contributed by atoms with Crippen LogP contribution in [0.3, 0.4) is 0 Å². The Kier molecular flexibility index (Phi) is 5.05. The molecule has 6 nitrogen and oxygen atoms in total. The summed E-state index contributed by atoms with van der Waals surface area (Å²) >= 11 is 0. The Morgan fingerprint density at radius 1 is 1.19 bits per heavy atom. The largest absolute Gasteiger partial charge is 0.507 e. The third-order valence-electron chi connectivity index (χ3n) is 6.52. The van der Waals surface area contributed by atoms with Crippen LogP contribution in [-0.4, -0.2) is 58.2 Å². The van der Waals surface area contributed by atoms with Crippen LogP contribution < -0.4 is 5.32 Å². The van der Waals surface area contributed by atoms with Gasteiger partial charge in [0.25, 0.3) is 0 Å². The zero-order valence-corrected chi connectivity index (χ0v) is 17.5. The van der Waals surface area contributed by atoms with Crippen molar-refractivity contribution in [3.8, 4) is 17.0 Å². The van der Waals surface area contributed by atoms with Crippen molar-refractivity contribution < 1.29 is 27.4 Å². The number of alkyl halides is 4. The molecule has 2 N–H and O–H groups in total. The number of phenols is 1. The van der Waals surface area contributed by atoms with Crippen LogP contribution >= 0.6 is 0 Å². The van der Waals surface area contributed by atoms with E-state index in [0.29, 0.717) is 49.1 Å². The van der Waals surface area contributed by atoms with Crippen LogP contribution in [0.25, 0.3) is 11.3 Å². The van der Waals surface area contributed by atoms with Crippen LogP contribution in [0.5, 0.6) is 5.75 Å². The fourth-order valence-electron chi connectivity index (χ4n) is 4.70. The average Bonchev–Trinajstić information content (AvgIpc) is 3.46. The van der Waals surface area contributed by atoms with Gasteiger partial charge in [-0.05, 0) is 38.1 Å². The van der Waals surface area contributed by atoms with Crippen molar-refractivity contribution in [2.75, 3.05) is 25.5 Å². The number of likely N-dealkylation sites (N-methyl/N-ethyl adjacent to an activating group) is 1. The molecule has 0 amide bonds. The molecule has 1 spiro atoms. The SMILES string of the molecule is CN1C[C@H](F)C[C@@H](Nc2nnc(-c3ccc(C(F)(F)F)cc3O)c3c2CC2(CC2)OC3)C1. The highest BCUT2D eigenvalue weighted by molar-refractivity contribution is 5.73. The first-order valence-corrected chi connectivity index (χ1v) is 10.7. The van der Waals surface area contributed by atoms with E-state index in [2.05, 4.69) is 15.5 Å². The number of phenolic OH excluding ortho intramolecular Hbond substituents is 1. The van der Waals surface area contributed by atoms with Crippen molar-refractivity contribution in [3.05, 3.63) is 34.9 Å². The maximum Gasteiger partial charge on any atom is 0.416 e. The molecule has 172 valence electrons. The molecule has 1 saturated carbocycles. The number of ether oxygens (including phenoxy) is 1. The van der Waals surface area contributed by atoms with Crippen LogP contribution in [0.15, 0.2) is 18.2 Å². The number of hydrogen-bond donors (Lipinski definition) is 2. The van der Waals surface area contributed by atoms with E-state index >= 15 is 0 Å². The molecule has 0 bridgehead atoms. The molecule has 0 radical (unpaired) electrons. The lowest BCUT2D eigenvalue weighted by Crippen LogP contribution is -2.45. The highest BCUT2D eigenvalue weighted by Gasteiger charge is 2.48. The number of anilines is 1. The number of fused-ring (bicyclic) bond motifs is 1. The van der Waals surface area contributed by atoms with E-state index in [-0.39, 0.29) is 23.8 Å². The van der Waals surface area contributed by atoms with Crippen LogP contribution in [0, 0.1) is 0 Å². The number of nitrogens with one attached hydrogen (secondary N) is 1. The van der Waals surface area contributed by atoms with Crippen molar-refractivity contribution in [1.29, 1.82) is 0 Å². The average molecular weight is 452 g/mol. The Morgan fingerprint density at radius 3 is 2.62 bits per heavy atom. The summed E-state index contributed by atoms with van der Waals surface area (Å²) in [5, 5.41) is 22.3. The lowest BCUT2D eigenvalue weighted by atomic mass is 9.93. The summed E-state index contributed by atoms with van der Waals surface area (Å²) in [6.07, 6.45) is -2.68. The number of hydrogen-bond acceptors (Lipinski definition) is 6. The highest BCUT2D eigenvalue weighted by atomic mass is 19.4. The van der Waals surface area contributed by atoms with E-state index in [1.54, 1.807) is 0 Å². The Balaban J connectivity index is 1.52. The molecule has 2 fully saturated rings.